The molecule has 1 atom stereocenters. The number of benzene rings is 2. The third-order valence-corrected chi connectivity index (χ3v) is 4.10. The van der Waals surface area contributed by atoms with Crippen LogP contribution in [0.4, 0.5) is 10.1 Å². The summed E-state index contributed by atoms with van der Waals surface area (Å²) >= 11 is 18.3. The fraction of sp³-hybridized carbons (Fsp3) is 0.200. The zero-order chi connectivity index (χ0) is 14.9. The molecule has 5 heteroatoms. The summed E-state index contributed by atoms with van der Waals surface area (Å²) in [6, 6.07) is 7.76. The average Bonchev–Trinajstić information content (AvgIpc) is 2.35. The molecular formula is C15H13Cl3FN. The molecule has 0 saturated carbocycles. The van der Waals surface area contributed by atoms with E-state index in [1.165, 1.54) is 12.1 Å². The topological polar surface area (TPSA) is 12.0 Å². The highest BCUT2D eigenvalue weighted by Crippen LogP contribution is 2.33. The van der Waals surface area contributed by atoms with Crippen molar-refractivity contribution in [3.8, 4) is 0 Å². The maximum Gasteiger partial charge on any atom is 0.124 e. The summed E-state index contributed by atoms with van der Waals surface area (Å²) in [5, 5.41) is 4.82. The van der Waals surface area contributed by atoms with Crippen molar-refractivity contribution < 1.29 is 4.39 Å². The Morgan fingerprint density at radius 1 is 1.00 bits per heavy atom. The standard InChI is InChI=1S/C15H13Cl3FN/c1-8-5-14(18)15(7-12(8)16)20-9(2)11-4-3-10(19)6-13(11)17/h3-7,9,20H,1-2H3. The first-order chi connectivity index (χ1) is 9.38. The van der Waals surface area contributed by atoms with Crippen LogP contribution in [0.3, 0.4) is 0 Å². The van der Waals surface area contributed by atoms with Gasteiger partial charge < -0.3 is 5.32 Å². The minimum absolute atomic E-state index is 0.126. The van der Waals surface area contributed by atoms with E-state index in [0.29, 0.717) is 15.1 Å². The summed E-state index contributed by atoms with van der Waals surface area (Å²) in [6.07, 6.45) is 0. The van der Waals surface area contributed by atoms with Crippen molar-refractivity contribution in [1.82, 2.24) is 0 Å². The summed E-state index contributed by atoms with van der Waals surface area (Å²) in [7, 11) is 0. The minimum Gasteiger partial charge on any atom is -0.377 e. The average molecular weight is 333 g/mol. The molecule has 0 fully saturated rings. The van der Waals surface area contributed by atoms with Gasteiger partial charge in [0.25, 0.3) is 0 Å². The number of hydrogen-bond donors (Lipinski definition) is 1. The molecule has 0 bridgehead atoms. The van der Waals surface area contributed by atoms with E-state index in [1.807, 2.05) is 13.8 Å². The third kappa shape index (κ3) is 3.38. The van der Waals surface area contributed by atoms with Gasteiger partial charge in [0.05, 0.1) is 16.8 Å². The van der Waals surface area contributed by atoms with Crippen molar-refractivity contribution in [1.29, 1.82) is 0 Å². The predicted octanol–water partition coefficient (Wildman–Crippen LogP) is 6.27. The normalized spacial score (nSPS) is 12.3. The molecular weight excluding hydrogens is 320 g/mol. The number of rotatable bonds is 3. The van der Waals surface area contributed by atoms with E-state index in [2.05, 4.69) is 5.32 Å². The summed E-state index contributed by atoms with van der Waals surface area (Å²) in [5.74, 6) is -0.359. The summed E-state index contributed by atoms with van der Waals surface area (Å²) < 4.78 is 13.1. The van der Waals surface area contributed by atoms with Gasteiger partial charge in [-0.1, -0.05) is 40.9 Å². The molecule has 1 N–H and O–H groups in total. The molecule has 0 aliphatic rings. The molecule has 0 aliphatic carbocycles. The number of hydrogen-bond acceptors (Lipinski definition) is 1. The zero-order valence-electron chi connectivity index (χ0n) is 11.0. The van der Waals surface area contributed by atoms with Crippen LogP contribution in [0, 0.1) is 12.7 Å². The molecule has 20 heavy (non-hydrogen) atoms. The molecule has 1 nitrogen and oxygen atoms in total. The van der Waals surface area contributed by atoms with Crippen LogP contribution in [-0.2, 0) is 0 Å². The molecule has 0 radical (unpaired) electrons. The maximum absolute atomic E-state index is 13.1. The van der Waals surface area contributed by atoms with E-state index in [4.69, 9.17) is 34.8 Å². The Morgan fingerprint density at radius 2 is 1.70 bits per heavy atom. The summed E-state index contributed by atoms with van der Waals surface area (Å²) in [5.41, 5.74) is 2.42. The SMILES string of the molecule is Cc1cc(Cl)c(NC(C)c2ccc(F)cc2Cl)cc1Cl. The first-order valence-electron chi connectivity index (χ1n) is 6.05. The Bertz CT molecular complexity index is 643. The van der Waals surface area contributed by atoms with Crippen LogP contribution in [0.15, 0.2) is 30.3 Å². The van der Waals surface area contributed by atoms with Gasteiger partial charge in [0.15, 0.2) is 0 Å². The van der Waals surface area contributed by atoms with Gasteiger partial charge in [-0.15, -0.1) is 0 Å². The van der Waals surface area contributed by atoms with Crippen LogP contribution in [0.1, 0.15) is 24.1 Å². The minimum atomic E-state index is -0.359. The van der Waals surface area contributed by atoms with Crippen LogP contribution < -0.4 is 5.32 Å². The summed E-state index contributed by atoms with van der Waals surface area (Å²) in [6.45, 7) is 3.81. The van der Waals surface area contributed by atoms with Gasteiger partial charge in [-0.05, 0) is 49.2 Å². The fourth-order valence-corrected chi connectivity index (χ4v) is 2.69. The van der Waals surface area contributed by atoms with E-state index < -0.39 is 0 Å². The molecule has 0 amide bonds. The van der Waals surface area contributed by atoms with Crippen LogP contribution in [-0.4, -0.2) is 0 Å². The molecule has 0 aromatic heterocycles. The second-order valence-corrected chi connectivity index (χ2v) is 5.83. The van der Waals surface area contributed by atoms with Crippen LogP contribution >= 0.6 is 34.8 Å². The largest absolute Gasteiger partial charge is 0.377 e. The molecule has 0 saturated heterocycles. The first kappa shape index (κ1) is 15.4. The Kier molecular flexibility index (Phi) is 4.79. The maximum atomic E-state index is 13.1. The van der Waals surface area contributed by atoms with Crippen LogP contribution in [0.25, 0.3) is 0 Å². The zero-order valence-corrected chi connectivity index (χ0v) is 13.2. The highest BCUT2D eigenvalue weighted by molar-refractivity contribution is 6.35. The van der Waals surface area contributed by atoms with Gasteiger partial charge in [0.2, 0.25) is 0 Å². The number of halogens is 4. The Hall–Kier alpha value is -0.960. The van der Waals surface area contributed by atoms with Crippen molar-refractivity contribution in [2.75, 3.05) is 5.32 Å². The third-order valence-electron chi connectivity index (χ3n) is 3.05. The van der Waals surface area contributed by atoms with Gasteiger partial charge in [-0.3, -0.25) is 0 Å². The van der Waals surface area contributed by atoms with Crippen molar-refractivity contribution in [3.05, 3.63) is 62.3 Å². The smallest absolute Gasteiger partial charge is 0.124 e. The van der Waals surface area contributed by atoms with E-state index in [9.17, 15) is 4.39 Å². The van der Waals surface area contributed by atoms with E-state index >= 15 is 0 Å². The molecule has 0 aliphatic heterocycles. The molecule has 2 aromatic rings. The van der Waals surface area contributed by atoms with E-state index in [-0.39, 0.29) is 11.9 Å². The molecule has 0 spiro atoms. The van der Waals surface area contributed by atoms with Crippen molar-refractivity contribution in [2.45, 2.75) is 19.9 Å². The second kappa shape index (κ2) is 6.21. The molecule has 0 heterocycles. The van der Waals surface area contributed by atoms with Gasteiger partial charge in [-0.25, -0.2) is 4.39 Å². The highest BCUT2D eigenvalue weighted by atomic mass is 35.5. The number of aryl methyl sites for hydroxylation is 1. The lowest BCUT2D eigenvalue weighted by molar-refractivity contribution is 0.626. The second-order valence-electron chi connectivity index (χ2n) is 4.61. The predicted molar refractivity (Wildman–Crippen MR) is 84.6 cm³/mol. The van der Waals surface area contributed by atoms with Crippen molar-refractivity contribution >= 4 is 40.5 Å². The highest BCUT2D eigenvalue weighted by Gasteiger charge is 2.13. The molecule has 2 rings (SSSR count). The lowest BCUT2D eigenvalue weighted by atomic mass is 10.1. The Labute approximate surface area is 132 Å². The first-order valence-corrected chi connectivity index (χ1v) is 7.19. The lowest BCUT2D eigenvalue weighted by Gasteiger charge is -2.18. The number of nitrogens with one attached hydrogen (secondary N) is 1. The van der Waals surface area contributed by atoms with E-state index in [0.717, 1.165) is 16.8 Å². The van der Waals surface area contributed by atoms with Crippen LogP contribution in [0.2, 0.25) is 15.1 Å². The molecule has 2 aromatic carbocycles. The quantitative estimate of drug-likeness (QED) is 0.698. The fourth-order valence-electron chi connectivity index (χ4n) is 1.92. The van der Waals surface area contributed by atoms with Crippen molar-refractivity contribution in [2.24, 2.45) is 0 Å². The monoisotopic (exact) mass is 331 g/mol. The van der Waals surface area contributed by atoms with Gasteiger partial charge in [0.1, 0.15) is 5.82 Å². The van der Waals surface area contributed by atoms with Gasteiger partial charge in [-0.2, -0.15) is 0 Å². The Balaban J connectivity index is 2.27. The Morgan fingerprint density at radius 3 is 2.35 bits per heavy atom. The molecule has 1 unspecified atom stereocenters. The van der Waals surface area contributed by atoms with Crippen LogP contribution in [0.5, 0.6) is 0 Å². The van der Waals surface area contributed by atoms with E-state index in [1.54, 1.807) is 18.2 Å². The number of anilines is 1. The molecule has 106 valence electrons. The van der Waals surface area contributed by atoms with Crippen molar-refractivity contribution in [3.63, 3.8) is 0 Å². The lowest BCUT2D eigenvalue weighted by Crippen LogP contribution is -2.08. The summed E-state index contributed by atoms with van der Waals surface area (Å²) in [4.78, 5) is 0. The van der Waals surface area contributed by atoms with Gasteiger partial charge in [0, 0.05) is 10.0 Å². The van der Waals surface area contributed by atoms with Gasteiger partial charge >= 0.3 is 0 Å².